The molecule has 0 heterocycles. The fourth-order valence-electron chi connectivity index (χ4n) is 1.61. The van der Waals surface area contributed by atoms with Gasteiger partial charge in [-0.3, -0.25) is 4.79 Å². The van der Waals surface area contributed by atoms with E-state index in [1.807, 2.05) is 0 Å². The van der Waals surface area contributed by atoms with Crippen molar-refractivity contribution < 1.29 is 4.79 Å². The Morgan fingerprint density at radius 2 is 1.76 bits per heavy atom. The van der Waals surface area contributed by atoms with E-state index in [4.69, 9.17) is 0 Å². The number of rotatable bonds is 6. The van der Waals surface area contributed by atoms with Gasteiger partial charge in [-0.1, -0.05) is 45.0 Å². The van der Waals surface area contributed by atoms with Crippen LogP contribution >= 0.6 is 0 Å². The minimum Gasteiger partial charge on any atom is -0.356 e. The molecule has 2 nitrogen and oxygen atoms in total. The molecule has 0 saturated carbocycles. The van der Waals surface area contributed by atoms with Gasteiger partial charge in [0.2, 0.25) is 5.91 Å². The Labute approximate surface area is 104 Å². The molecule has 17 heavy (non-hydrogen) atoms. The Balaban J connectivity index is 2.31. The molecule has 0 saturated heterocycles. The Hall–Kier alpha value is -1.31. The van der Waals surface area contributed by atoms with Gasteiger partial charge in [-0.2, -0.15) is 0 Å². The summed E-state index contributed by atoms with van der Waals surface area (Å²) in [6, 6.07) is 8.52. The summed E-state index contributed by atoms with van der Waals surface area (Å²) in [5.74, 6) is 0.668. The van der Waals surface area contributed by atoms with E-state index in [9.17, 15) is 4.79 Å². The van der Waals surface area contributed by atoms with Crippen molar-refractivity contribution in [3.8, 4) is 0 Å². The summed E-state index contributed by atoms with van der Waals surface area (Å²) in [6.45, 7) is 7.12. The molecule has 0 bridgehead atoms. The number of aryl methyl sites for hydroxylation is 2. The smallest absolute Gasteiger partial charge is 0.220 e. The number of amides is 1. The van der Waals surface area contributed by atoms with E-state index in [2.05, 4.69) is 50.4 Å². The van der Waals surface area contributed by atoms with E-state index in [0.717, 1.165) is 19.4 Å². The minimum atomic E-state index is 0.151. The lowest BCUT2D eigenvalue weighted by Gasteiger charge is -2.07. The molecular weight excluding hydrogens is 210 g/mol. The second-order valence-electron chi connectivity index (χ2n) is 4.87. The van der Waals surface area contributed by atoms with Gasteiger partial charge in [-0.05, 0) is 29.9 Å². The van der Waals surface area contributed by atoms with Crippen LogP contribution in [0.3, 0.4) is 0 Å². The molecule has 1 N–H and O–H groups in total. The molecule has 1 aromatic carbocycles. The molecule has 0 fully saturated rings. The second kappa shape index (κ2) is 7.10. The molecular formula is C15H23NO. The fraction of sp³-hybridized carbons (Fsp3) is 0.533. The average molecular weight is 233 g/mol. The quantitative estimate of drug-likeness (QED) is 0.804. The number of hydrogen-bond donors (Lipinski definition) is 1. The van der Waals surface area contributed by atoms with Crippen molar-refractivity contribution in [3.63, 3.8) is 0 Å². The van der Waals surface area contributed by atoms with Gasteiger partial charge in [-0.15, -0.1) is 0 Å². The number of carbonyl (C=O) groups is 1. The molecule has 1 aromatic rings. The third-order valence-electron chi connectivity index (χ3n) is 2.78. The van der Waals surface area contributed by atoms with Gasteiger partial charge in [-0.25, -0.2) is 0 Å². The Kier molecular flexibility index (Phi) is 5.75. The Morgan fingerprint density at radius 3 is 2.29 bits per heavy atom. The van der Waals surface area contributed by atoms with Crippen LogP contribution in [0.5, 0.6) is 0 Å². The normalized spacial score (nSPS) is 10.6. The van der Waals surface area contributed by atoms with Gasteiger partial charge < -0.3 is 5.32 Å². The maximum absolute atomic E-state index is 11.5. The maximum Gasteiger partial charge on any atom is 0.220 e. The molecule has 0 atom stereocenters. The van der Waals surface area contributed by atoms with Gasteiger partial charge in [0.15, 0.2) is 0 Å². The zero-order chi connectivity index (χ0) is 12.7. The summed E-state index contributed by atoms with van der Waals surface area (Å²) in [7, 11) is 0. The molecule has 0 aromatic heterocycles. The van der Waals surface area contributed by atoms with Crippen molar-refractivity contribution in [1.29, 1.82) is 0 Å². The van der Waals surface area contributed by atoms with Crippen molar-refractivity contribution in [2.75, 3.05) is 6.54 Å². The van der Waals surface area contributed by atoms with Crippen LogP contribution in [0, 0.1) is 5.92 Å². The third kappa shape index (κ3) is 5.53. The number of benzene rings is 1. The first-order chi connectivity index (χ1) is 8.11. The lowest BCUT2D eigenvalue weighted by atomic mass is 10.1. The summed E-state index contributed by atoms with van der Waals surface area (Å²) >= 11 is 0. The van der Waals surface area contributed by atoms with Gasteiger partial charge in [0.25, 0.3) is 0 Å². The number of carbonyl (C=O) groups excluding carboxylic acids is 1. The van der Waals surface area contributed by atoms with Gasteiger partial charge in [0, 0.05) is 13.0 Å². The molecule has 0 unspecified atom stereocenters. The van der Waals surface area contributed by atoms with Crippen LogP contribution in [0.25, 0.3) is 0 Å². The molecule has 0 aliphatic heterocycles. The zero-order valence-electron chi connectivity index (χ0n) is 11.1. The molecule has 0 radical (unpaired) electrons. The van der Waals surface area contributed by atoms with Crippen LogP contribution in [0.4, 0.5) is 0 Å². The third-order valence-corrected chi connectivity index (χ3v) is 2.78. The van der Waals surface area contributed by atoms with Crippen LogP contribution < -0.4 is 5.32 Å². The van der Waals surface area contributed by atoms with Crippen molar-refractivity contribution in [3.05, 3.63) is 35.4 Å². The van der Waals surface area contributed by atoms with Crippen LogP contribution in [0.15, 0.2) is 24.3 Å². The van der Waals surface area contributed by atoms with Crippen LogP contribution in [-0.2, 0) is 17.6 Å². The first kappa shape index (κ1) is 13.8. The van der Waals surface area contributed by atoms with Crippen LogP contribution in [-0.4, -0.2) is 12.5 Å². The highest BCUT2D eigenvalue weighted by atomic mass is 16.1. The first-order valence-electron chi connectivity index (χ1n) is 6.46. The summed E-state index contributed by atoms with van der Waals surface area (Å²) in [6.07, 6.45) is 2.47. The van der Waals surface area contributed by atoms with Crippen molar-refractivity contribution in [2.45, 2.75) is 40.0 Å². The van der Waals surface area contributed by atoms with Crippen molar-refractivity contribution >= 4 is 5.91 Å². The highest BCUT2D eigenvalue weighted by molar-refractivity contribution is 5.76. The molecule has 1 rings (SSSR count). The molecule has 0 aliphatic carbocycles. The van der Waals surface area contributed by atoms with Crippen molar-refractivity contribution in [2.24, 2.45) is 5.92 Å². The summed E-state index contributed by atoms with van der Waals surface area (Å²) in [5, 5.41) is 2.94. The highest BCUT2D eigenvalue weighted by Gasteiger charge is 2.03. The average Bonchev–Trinajstić information content (AvgIpc) is 2.34. The summed E-state index contributed by atoms with van der Waals surface area (Å²) in [4.78, 5) is 11.5. The summed E-state index contributed by atoms with van der Waals surface area (Å²) in [5.41, 5.74) is 2.58. The van der Waals surface area contributed by atoms with E-state index in [-0.39, 0.29) is 5.91 Å². The Morgan fingerprint density at radius 1 is 1.18 bits per heavy atom. The maximum atomic E-state index is 11.5. The summed E-state index contributed by atoms with van der Waals surface area (Å²) < 4.78 is 0. The highest BCUT2D eigenvalue weighted by Crippen LogP contribution is 2.07. The standard InChI is InChI=1S/C15H23NO/c1-4-13-5-7-14(8-6-13)9-10-15(17)16-11-12(2)3/h5-8,12H,4,9-11H2,1-3H3,(H,16,17). The lowest BCUT2D eigenvalue weighted by Crippen LogP contribution is -2.27. The topological polar surface area (TPSA) is 29.1 Å². The molecule has 94 valence electrons. The molecule has 2 heteroatoms. The van der Waals surface area contributed by atoms with Gasteiger partial charge in [0.05, 0.1) is 0 Å². The molecule has 0 aliphatic rings. The van der Waals surface area contributed by atoms with E-state index >= 15 is 0 Å². The van der Waals surface area contributed by atoms with Crippen LogP contribution in [0.2, 0.25) is 0 Å². The largest absolute Gasteiger partial charge is 0.356 e. The zero-order valence-corrected chi connectivity index (χ0v) is 11.1. The monoisotopic (exact) mass is 233 g/mol. The number of nitrogens with one attached hydrogen (secondary N) is 1. The Bertz CT molecular complexity index is 340. The second-order valence-corrected chi connectivity index (χ2v) is 4.87. The minimum absolute atomic E-state index is 0.151. The van der Waals surface area contributed by atoms with E-state index in [0.29, 0.717) is 12.3 Å². The number of hydrogen-bond acceptors (Lipinski definition) is 1. The SMILES string of the molecule is CCc1ccc(CCC(=O)NCC(C)C)cc1. The van der Waals surface area contributed by atoms with E-state index in [1.165, 1.54) is 11.1 Å². The predicted octanol–water partition coefficient (Wildman–Crippen LogP) is 2.95. The fourth-order valence-corrected chi connectivity index (χ4v) is 1.61. The first-order valence-corrected chi connectivity index (χ1v) is 6.46. The van der Waals surface area contributed by atoms with Gasteiger partial charge >= 0.3 is 0 Å². The van der Waals surface area contributed by atoms with Crippen molar-refractivity contribution in [1.82, 2.24) is 5.32 Å². The van der Waals surface area contributed by atoms with E-state index in [1.54, 1.807) is 0 Å². The van der Waals surface area contributed by atoms with Crippen LogP contribution in [0.1, 0.15) is 38.3 Å². The van der Waals surface area contributed by atoms with Gasteiger partial charge in [0.1, 0.15) is 0 Å². The van der Waals surface area contributed by atoms with E-state index < -0.39 is 0 Å². The lowest BCUT2D eigenvalue weighted by molar-refractivity contribution is -0.121. The molecule has 0 spiro atoms. The predicted molar refractivity (Wildman–Crippen MR) is 72.0 cm³/mol. The molecule has 1 amide bonds.